The van der Waals surface area contributed by atoms with Crippen LogP contribution in [-0.2, 0) is 11.3 Å². The third-order valence-corrected chi connectivity index (χ3v) is 4.24. The van der Waals surface area contributed by atoms with Gasteiger partial charge < -0.3 is 14.7 Å². The van der Waals surface area contributed by atoms with Gasteiger partial charge in [-0.15, -0.1) is 0 Å². The number of benzene rings is 1. The highest BCUT2D eigenvalue weighted by molar-refractivity contribution is 5.93. The second kappa shape index (κ2) is 7.74. The van der Waals surface area contributed by atoms with Gasteiger partial charge in [-0.3, -0.25) is 9.59 Å². The minimum absolute atomic E-state index is 0.110. The summed E-state index contributed by atoms with van der Waals surface area (Å²) in [6.45, 7) is 3.25. The summed E-state index contributed by atoms with van der Waals surface area (Å²) in [7, 11) is 1.77. The molecular weight excluding hydrogens is 318 g/mol. The first-order chi connectivity index (χ1) is 12.2. The largest absolute Gasteiger partial charge is 0.342 e. The van der Waals surface area contributed by atoms with Gasteiger partial charge in [0.15, 0.2) is 0 Å². The molecule has 130 valence electrons. The van der Waals surface area contributed by atoms with E-state index >= 15 is 0 Å². The number of piperazine rings is 1. The van der Waals surface area contributed by atoms with E-state index in [1.54, 1.807) is 29.2 Å². The van der Waals surface area contributed by atoms with Crippen molar-refractivity contribution in [1.82, 2.24) is 19.8 Å². The number of anilines is 1. The Morgan fingerprint density at radius 2 is 1.76 bits per heavy atom. The number of aromatic nitrogens is 2. The van der Waals surface area contributed by atoms with E-state index in [1.165, 1.54) is 0 Å². The van der Waals surface area contributed by atoms with Gasteiger partial charge in [-0.05, 0) is 5.56 Å². The highest BCUT2D eigenvalue weighted by Gasteiger charge is 2.19. The van der Waals surface area contributed by atoms with Crippen LogP contribution in [0.1, 0.15) is 15.9 Å². The SMILES string of the molecule is CN(Cc1ccccc1)C(=O)c1cnc(N2CCN(C=O)CC2)nc1. The maximum atomic E-state index is 12.5. The van der Waals surface area contributed by atoms with Crippen molar-refractivity contribution in [3.63, 3.8) is 0 Å². The van der Waals surface area contributed by atoms with Crippen LogP contribution < -0.4 is 4.90 Å². The Hall–Kier alpha value is -2.96. The van der Waals surface area contributed by atoms with E-state index in [0.717, 1.165) is 12.0 Å². The van der Waals surface area contributed by atoms with Crippen molar-refractivity contribution in [3.05, 3.63) is 53.9 Å². The van der Waals surface area contributed by atoms with Gasteiger partial charge in [0.2, 0.25) is 12.4 Å². The molecule has 0 unspecified atom stereocenters. The van der Waals surface area contributed by atoms with Crippen molar-refractivity contribution in [2.45, 2.75) is 6.54 Å². The summed E-state index contributed by atoms with van der Waals surface area (Å²) in [6.07, 6.45) is 4.00. The molecule has 1 aliphatic heterocycles. The van der Waals surface area contributed by atoms with Crippen molar-refractivity contribution in [2.24, 2.45) is 0 Å². The standard InChI is InChI=1S/C18H21N5O2/c1-21(13-15-5-3-2-4-6-15)17(25)16-11-19-18(20-12-16)23-9-7-22(14-24)8-10-23/h2-6,11-12,14H,7-10,13H2,1H3. The average molecular weight is 339 g/mol. The molecule has 25 heavy (non-hydrogen) atoms. The van der Waals surface area contributed by atoms with Gasteiger partial charge in [0.1, 0.15) is 0 Å². The van der Waals surface area contributed by atoms with Crippen molar-refractivity contribution >= 4 is 18.3 Å². The molecule has 1 saturated heterocycles. The summed E-state index contributed by atoms with van der Waals surface area (Å²) >= 11 is 0. The predicted molar refractivity (Wildman–Crippen MR) is 94.1 cm³/mol. The van der Waals surface area contributed by atoms with Crippen molar-refractivity contribution < 1.29 is 9.59 Å². The van der Waals surface area contributed by atoms with E-state index in [9.17, 15) is 9.59 Å². The van der Waals surface area contributed by atoms with E-state index in [4.69, 9.17) is 0 Å². The number of rotatable bonds is 5. The number of carbonyl (C=O) groups is 2. The molecule has 3 rings (SSSR count). The van der Waals surface area contributed by atoms with Gasteiger partial charge in [-0.2, -0.15) is 0 Å². The Labute approximate surface area is 146 Å². The van der Waals surface area contributed by atoms with Crippen LogP contribution in [0.5, 0.6) is 0 Å². The van der Waals surface area contributed by atoms with Crippen LogP contribution in [-0.4, -0.2) is 65.3 Å². The maximum Gasteiger partial charge on any atom is 0.257 e. The lowest BCUT2D eigenvalue weighted by molar-refractivity contribution is -0.118. The Morgan fingerprint density at radius 1 is 1.12 bits per heavy atom. The zero-order valence-corrected chi connectivity index (χ0v) is 14.2. The summed E-state index contributed by atoms with van der Waals surface area (Å²) in [5.74, 6) is 0.481. The predicted octanol–water partition coefficient (Wildman–Crippen LogP) is 1.03. The van der Waals surface area contributed by atoms with Gasteiger partial charge in [-0.1, -0.05) is 30.3 Å². The van der Waals surface area contributed by atoms with Crippen LogP contribution in [0.4, 0.5) is 5.95 Å². The Balaban J connectivity index is 1.61. The first-order valence-electron chi connectivity index (χ1n) is 8.23. The summed E-state index contributed by atoms with van der Waals surface area (Å²) in [4.78, 5) is 37.3. The highest BCUT2D eigenvalue weighted by Crippen LogP contribution is 2.12. The fourth-order valence-corrected chi connectivity index (χ4v) is 2.77. The van der Waals surface area contributed by atoms with Crippen LogP contribution in [0.25, 0.3) is 0 Å². The maximum absolute atomic E-state index is 12.5. The van der Waals surface area contributed by atoms with E-state index in [0.29, 0.717) is 44.2 Å². The van der Waals surface area contributed by atoms with Crippen LogP contribution >= 0.6 is 0 Å². The molecule has 0 spiro atoms. The molecule has 1 aromatic carbocycles. The highest BCUT2D eigenvalue weighted by atomic mass is 16.2. The van der Waals surface area contributed by atoms with Crippen LogP contribution in [0.3, 0.4) is 0 Å². The summed E-state index contributed by atoms with van der Waals surface area (Å²) < 4.78 is 0. The van der Waals surface area contributed by atoms with Crippen molar-refractivity contribution in [3.8, 4) is 0 Å². The molecule has 2 aromatic rings. The topological polar surface area (TPSA) is 69.6 Å². The molecule has 1 fully saturated rings. The summed E-state index contributed by atoms with van der Waals surface area (Å²) in [6, 6.07) is 9.84. The lowest BCUT2D eigenvalue weighted by atomic mass is 10.2. The average Bonchev–Trinajstić information content (AvgIpc) is 2.68. The first kappa shape index (κ1) is 16.9. The van der Waals surface area contributed by atoms with Gasteiger partial charge in [0, 0.05) is 52.2 Å². The molecule has 2 amide bonds. The van der Waals surface area contributed by atoms with E-state index < -0.39 is 0 Å². The Kier molecular flexibility index (Phi) is 5.23. The number of hydrogen-bond donors (Lipinski definition) is 0. The molecule has 0 saturated carbocycles. The van der Waals surface area contributed by atoms with E-state index in [-0.39, 0.29) is 5.91 Å². The molecule has 0 radical (unpaired) electrons. The quantitative estimate of drug-likeness (QED) is 0.761. The lowest BCUT2D eigenvalue weighted by Crippen LogP contribution is -2.46. The zero-order valence-electron chi connectivity index (χ0n) is 14.2. The van der Waals surface area contributed by atoms with Gasteiger partial charge in [0.25, 0.3) is 5.91 Å². The molecule has 0 atom stereocenters. The number of hydrogen-bond acceptors (Lipinski definition) is 5. The molecule has 2 heterocycles. The number of nitrogens with zero attached hydrogens (tertiary/aromatic N) is 5. The molecule has 0 N–H and O–H groups in total. The molecule has 0 aliphatic carbocycles. The zero-order chi connectivity index (χ0) is 17.6. The smallest absolute Gasteiger partial charge is 0.257 e. The minimum Gasteiger partial charge on any atom is -0.342 e. The molecule has 7 heteroatoms. The summed E-state index contributed by atoms with van der Waals surface area (Å²) in [5, 5.41) is 0. The number of amides is 2. The van der Waals surface area contributed by atoms with Crippen molar-refractivity contribution in [1.29, 1.82) is 0 Å². The van der Waals surface area contributed by atoms with E-state index in [1.807, 2.05) is 35.2 Å². The van der Waals surface area contributed by atoms with Gasteiger partial charge in [-0.25, -0.2) is 9.97 Å². The molecule has 1 aromatic heterocycles. The van der Waals surface area contributed by atoms with Crippen LogP contribution in [0.2, 0.25) is 0 Å². The fraction of sp³-hybridized carbons (Fsp3) is 0.333. The van der Waals surface area contributed by atoms with Gasteiger partial charge >= 0.3 is 0 Å². The molecular formula is C18H21N5O2. The lowest BCUT2D eigenvalue weighted by Gasteiger charge is -2.32. The second-order valence-electron chi connectivity index (χ2n) is 6.05. The first-order valence-corrected chi connectivity index (χ1v) is 8.23. The molecule has 7 nitrogen and oxygen atoms in total. The Morgan fingerprint density at radius 3 is 2.36 bits per heavy atom. The normalized spacial score (nSPS) is 14.3. The monoisotopic (exact) mass is 339 g/mol. The fourth-order valence-electron chi connectivity index (χ4n) is 2.77. The minimum atomic E-state index is -0.110. The van der Waals surface area contributed by atoms with Crippen LogP contribution in [0.15, 0.2) is 42.7 Å². The third kappa shape index (κ3) is 4.12. The van der Waals surface area contributed by atoms with E-state index in [2.05, 4.69) is 9.97 Å². The Bertz CT molecular complexity index is 712. The van der Waals surface area contributed by atoms with Crippen LogP contribution in [0, 0.1) is 0 Å². The molecule has 0 bridgehead atoms. The molecule has 1 aliphatic rings. The van der Waals surface area contributed by atoms with Gasteiger partial charge in [0.05, 0.1) is 5.56 Å². The van der Waals surface area contributed by atoms with Crippen molar-refractivity contribution in [2.75, 3.05) is 38.1 Å². The summed E-state index contributed by atoms with van der Waals surface area (Å²) in [5.41, 5.74) is 1.54. The second-order valence-corrected chi connectivity index (χ2v) is 6.05. The number of carbonyl (C=O) groups excluding carboxylic acids is 2. The third-order valence-electron chi connectivity index (χ3n) is 4.24.